The van der Waals surface area contributed by atoms with Gasteiger partial charge in [0.2, 0.25) is 0 Å². The maximum absolute atomic E-state index is 15.5. The van der Waals surface area contributed by atoms with Gasteiger partial charge in [-0.3, -0.25) is 0 Å². The van der Waals surface area contributed by atoms with Crippen LogP contribution in [0.4, 0.5) is 10.2 Å². The van der Waals surface area contributed by atoms with Crippen molar-refractivity contribution in [2.24, 2.45) is 11.8 Å². The average molecular weight is 507 g/mol. The second-order valence-corrected chi connectivity index (χ2v) is 10.3. The van der Waals surface area contributed by atoms with Gasteiger partial charge in [0.25, 0.3) is 11.8 Å². The first-order valence-corrected chi connectivity index (χ1v) is 13.0. The van der Waals surface area contributed by atoms with E-state index in [2.05, 4.69) is 30.0 Å². The number of halogens is 1. The Hall–Kier alpha value is -3.56. The number of benzene rings is 1. The minimum atomic E-state index is -0.838. The highest BCUT2D eigenvalue weighted by Crippen LogP contribution is 2.46. The van der Waals surface area contributed by atoms with Gasteiger partial charge in [-0.05, 0) is 56.1 Å². The molecule has 1 N–H and O–H groups in total. The maximum Gasteiger partial charge on any atom is 0.278 e. The number of ether oxygens (including phenoxy) is 2. The van der Waals surface area contributed by atoms with Gasteiger partial charge in [-0.15, -0.1) is 10.2 Å². The summed E-state index contributed by atoms with van der Waals surface area (Å²) in [6, 6.07) is 5.24. The van der Waals surface area contributed by atoms with E-state index in [0.29, 0.717) is 40.4 Å². The Morgan fingerprint density at radius 2 is 1.81 bits per heavy atom. The number of methoxy groups -OCH3 is 2. The van der Waals surface area contributed by atoms with Gasteiger partial charge in [-0.1, -0.05) is 18.9 Å². The summed E-state index contributed by atoms with van der Waals surface area (Å²) in [5.41, 5.74) is 1.62. The van der Waals surface area contributed by atoms with Crippen molar-refractivity contribution in [3.63, 3.8) is 0 Å². The number of nitrogens with zero attached hydrogens (tertiary/aromatic N) is 6. The Kier molecular flexibility index (Phi) is 6.26. The maximum atomic E-state index is 15.5. The smallest absolute Gasteiger partial charge is 0.278 e. The molecule has 2 aromatic heterocycles. The van der Waals surface area contributed by atoms with Crippen molar-refractivity contribution in [1.29, 1.82) is 0 Å². The molecule has 3 aromatic rings. The van der Waals surface area contributed by atoms with E-state index >= 15 is 4.39 Å². The second-order valence-electron chi connectivity index (χ2n) is 10.3. The fourth-order valence-electron chi connectivity index (χ4n) is 6.03. The number of hydrogen-bond acceptors (Lipinski definition) is 9. The van der Waals surface area contributed by atoms with E-state index in [4.69, 9.17) is 9.47 Å². The lowest BCUT2D eigenvalue weighted by Gasteiger charge is -2.46. The number of phenols is 1. The number of alkyl halides is 1. The second kappa shape index (κ2) is 9.72. The molecule has 194 valence electrons. The third-order valence-corrected chi connectivity index (χ3v) is 7.96. The highest BCUT2D eigenvalue weighted by Gasteiger charge is 2.46. The predicted molar refractivity (Wildman–Crippen MR) is 135 cm³/mol. The van der Waals surface area contributed by atoms with Crippen molar-refractivity contribution in [3.05, 3.63) is 30.6 Å². The first-order chi connectivity index (χ1) is 18.1. The van der Waals surface area contributed by atoms with Crippen LogP contribution in [-0.4, -0.2) is 62.7 Å². The van der Waals surface area contributed by atoms with Gasteiger partial charge < -0.3 is 19.5 Å². The Morgan fingerprint density at radius 3 is 2.51 bits per heavy atom. The van der Waals surface area contributed by atoms with E-state index in [1.165, 1.54) is 20.6 Å². The highest BCUT2D eigenvalue weighted by atomic mass is 19.1. The Balaban J connectivity index is 1.25. The van der Waals surface area contributed by atoms with Gasteiger partial charge in [0, 0.05) is 11.6 Å². The van der Waals surface area contributed by atoms with E-state index in [9.17, 15) is 5.11 Å². The lowest BCUT2D eigenvalue weighted by molar-refractivity contribution is 0.0631. The van der Waals surface area contributed by atoms with Gasteiger partial charge >= 0.3 is 0 Å². The summed E-state index contributed by atoms with van der Waals surface area (Å²) in [6.07, 6.45) is 9.69. The zero-order valence-corrected chi connectivity index (χ0v) is 21.0. The SMILES string of the molecule is COc1ncc(-c2ccc(-c3ncc(N(C4CC4)[C@H]4C[C@@H]5CCC[C@@H](C5)[C@H]4F)nn3)c(O)c2)nc1OC. The number of hydrogen-bond donors (Lipinski definition) is 1. The summed E-state index contributed by atoms with van der Waals surface area (Å²) < 4.78 is 25.9. The highest BCUT2D eigenvalue weighted by molar-refractivity contribution is 5.71. The molecule has 9 nitrogen and oxygen atoms in total. The van der Waals surface area contributed by atoms with Crippen LogP contribution < -0.4 is 14.4 Å². The van der Waals surface area contributed by atoms with Gasteiger partial charge in [-0.2, -0.15) is 0 Å². The van der Waals surface area contributed by atoms with Crippen molar-refractivity contribution in [2.45, 2.75) is 63.2 Å². The summed E-state index contributed by atoms with van der Waals surface area (Å²) in [5.74, 6) is 2.21. The van der Waals surface area contributed by atoms with Crippen LogP contribution in [0.1, 0.15) is 44.9 Å². The minimum absolute atomic E-state index is 0.00777. The van der Waals surface area contributed by atoms with Crippen molar-refractivity contribution in [2.75, 3.05) is 19.1 Å². The molecular formula is C27H31FN6O3. The van der Waals surface area contributed by atoms with Gasteiger partial charge in [0.1, 0.15) is 11.9 Å². The fraction of sp³-hybridized carbons (Fsp3) is 0.519. The first kappa shape index (κ1) is 23.8. The molecule has 3 aliphatic carbocycles. The molecule has 1 aromatic carbocycles. The van der Waals surface area contributed by atoms with Crippen LogP contribution in [0.3, 0.4) is 0 Å². The summed E-state index contributed by atoms with van der Waals surface area (Å²) >= 11 is 0. The number of aromatic hydroxyl groups is 1. The Labute approximate surface area is 215 Å². The molecule has 0 aliphatic heterocycles. The zero-order chi connectivity index (χ0) is 25.5. The number of anilines is 1. The number of phenolic OH excluding ortho intramolecular Hbond substituents is 1. The van der Waals surface area contributed by atoms with E-state index in [-0.39, 0.29) is 29.5 Å². The van der Waals surface area contributed by atoms with E-state index in [1.54, 1.807) is 30.6 Å². The molecule has 0 unspecified atom stereocenters. The summed E-state index contributed by atoms with van der Waals surface area (Å²) in [6.45, 7) is 0. The minimum Gasteiger partial charge on any atom is -0.507 e. The third-order valence-electron chi connectivity index (χ3n) is 7.96. The topological polar surface area (TPSA) is 106 Å². The van der Waals surface area contributed by atoms with Gasteiger partial charge in [0.05, 0.1) is 43.9 Å². The van der Waals surface area contributed by atoms with Crippen molar-refractivity contribution in [3.8, 4) is 40.2 Å². The van der Waals surface area contributed by atoms with Crippen LogP contribution in [0.15, 0.2) is 30.6 Å². The standard InChI is InChI=1S/C27H31FN6O3/c1-36-26-27(37-2)31-20(13-30-26)16-6-9-19(22(35)12-16)25-29-14-23(32-33-25)34(18-7-8-18)21-11-15-4-3-5-17(10-15)24(21)28/h6,9,12-15,17-18,21,24,35H,3-5,7-8,10-11H2,1-2H3/t15-,17+,21+,24-/m1/s1. The lowest BCUT2D eigenvalue weighted by atomic mass is 9.69. The van der Waals surface area contributed by atoms with Crippen molar-refractivity contribution >= 4 is 5.82 Å². The fourth-order valence-corrected chi connectivity index (χ4v) is 6.03. The molecule has 4 atom stereocenters. The molecule has 6 rings (SSSR count). The van der Waals surface area contributed by atoms with Crippen LogP contribution in [-0.2, 0) is 0 Å². The normalized spacial score (nSPS) is 24.9. The Bertz CT molecular complexity index is 1270. The van der Waals surface area contributed by atoms with Gasteiger partial charge in [-0.25, -0.2) is 19.3 Å². The molecule has 0 amide bonds. The van der Waals surface area contributed by atoms with Crippen molar-refractivity contribution in [1.82, 2.24) is 25.1 Å². The molecule has 0 saturated heterocycles. The molecule has 3 fully saturated rings. The van der Waals surface area contributed by atoms with Crippen LogP contribution in [0.25, 0.3) is 22.6 Å². The zero-order valence-electron chi connectivity index (χ0n) is 21.0. The first-order valence-electron chi connectivity index (χ1n) is 13.0. The van der Waals surface area contributed by atoms with E-state index in [0.717, 1.165) is 38.5 Å². The van der Waals surface area contributed by atoms with Crippen LogP contribution >= 0.6 is 0 Å². The summed E-state index contributed by atoms with van der Waals surface area (Å²) in [7, 11) is 2.98. The molecule has 3 saturated carbocycles. The number of rotatable bonds is 7. The summed E-state index contributed by atoms with van der Waals surface area (Å²) in [4.78, 5) is 15.3. The van der Waals surface area contributed by atoms with Crippen LogP contribution in [0.5, 0.6) is 17.5 Å². The molecule has 10 heteroatoms. The monoisotopic (exact) mass is 506 g/mol. The molecular weight excluding hydrogens is 475 g/mol. The van der Waals surface area contributed by atoms with E-state index in [1.807, 2.05) is 0 Å². The number of aromatic nitrogens is 5. The quantitative estimate of drug-likeness (QED) is 0.492. The third kappa shape index (κ3) is 4.53. The van der Waals surface area contributed by atoms with Gasteiger partial charge in [0.15, 0.2) is 11.6 Å². The molecule has 0 spiro atoms. The molecule has 2 bridgehead atoms. The molecule has 0 radical (unpaired) electrons. The average Bonchev–Trinajstić information content (AvgIpc) is 3.77. The molecule has 37 heavy (non-hydrogen) atoms. The lowest BCUT2D eigenvalue weighted by Crippen LogP contribution is -2.52. The predicted octanol–water partition coefficient (Wildman–Crippen LogP) is 4.60. The largest absolute Gasteiger partial charge is 0.507 e. The number of fused-ring (bicyclic) bond motifs is 2. The van der Waals surface area contributed by atoms with E-state index < -0.39 is 6.17 Å². The van der Waals surface area contributed by atoms with Crippen LogP contribution in [0.2, 0.25) is 0 Å². The molecule has 3 aliphatic rings. The summed E-state index contributed by atoms with van der Waals surface area (Å²) in [5, 5.41) is 19.6. The van der Waals surface area contributed by atoms with Crippen LogP contribution in [0, 0.1) is 11.8 Å². The van der Waals surface area contributed by atoms with Crippen molar-refractivity contribution < 1.29 is 19.0 Å². The molecule has 2 heterocycles. The Morgan fingerprint density at radius 1 is 0.973 bits per heavy atom.